The van der Waals surface area contributed by atoms with Crippen molar-refractivity contribution in [2.45, 2.75) is 39.7 Å². The number of benzene rings is 3. The summed E-state index contributed by atoms with van der Waals surface area (Å²) in [6.45, 7) is 8.91. The Morgan fingerprint density at radius 2 is 1.54 bits per heavy atom. The van der Waals surface area contributed by atoms with E-state index in [1.165, 1.54) is 13.2 Å². The van der Waals surface area contributed by atoms with Gasteiger partial charge in [0.25, 0.3) is 0 Å². The van der Waals surface area contributed by atoms with Gasteiger partial charge >= 0.3 is 0 Å². The van der Waals surface area contributed by atoms with Crippen LogP contribution < -0.4 is 18.9 Å². The van der Waals surface area contributed by atoms with Gasteiger partial charge in [0, 0.05) is 5.56 Å². The lowest BCUT2D eigenvalue weighted by atomic mass is 9.86. The third-order valence-electron chi connectivity index (χ3n) is 5.73. The van der Waals surface area contributed by atoms with Gasteiger partial charge in [-0.25, -0.2) is 0 Å². The SMILES string of the molecule is COc1ccc(OC)c(C(=O)/C=C/c2ccc(OC)c(COc3cc(C)ccc3C(C)(C)C)c2)c1. The zero-order chi connectivity index (χ0) is 25.6. The van der Waals surface area contributed by atoms with E-state index in [-0.39, 0.29) is 11.2 Å². The molecule has 3 aromatic carbocycles. The molecule has 0 heterocycles. The lowest BCUT2D eigenvalue weighted by molar-refractivity contribution is 0.104. The molecule has 0 fully saturated rings. The smallest absolute Gasteiger partial charge is 0.189 e. The first-order valence-corrected chi connectivity index (χ1v) is 11.5. The van der Waals surface area contributed by atoms with Crippen molar-refractivity contribution in [3.63, 3.8) is 0 Å². The Bertz CT molecular complexity index is 1220. The van der Waals surface area contributed by atoms with Crippen molar-refractivity contribution in [3.05, 3.63) is 88.5 Å². The molecule has 0 unspecified atom stereocenters. The second-order valence-corrected chi connectivity index (χ2v) is 9.37. The number of aryl methyl sites for hydroxylation is 1. The fourth-order valence-corrected chi connectivity index (χ4v) is 3.81. The molecule has 0 aliphatic carbocycles. The summed E-state index contributed by atoms with van der Waals surface area (Å²) < 4.78 is 22.4. The van der Waals surface area contributed by atoms with E-state index in [0.717, 1.165) is 33.8 Å². The van der Waals surface area contributed by atoms with Crippen molar-refractivity contribution < 1.29 is 23.7 Å². The molecule has 0 bridgehead atoms. The third kappa shape index (κ3) is 6.44. The van der Waals surface area contributed by atoms with Crippen LogP contribution in [-0.2, 0) is 12.0 Å². The van der Waals surface area contributed by atoms with Crippen LogP contribution in [-0.4, -0.2) is 27.1 Å². The molecular weight excluding hydrogens is 440 g/mol. The van der Waals surface area contributed by atoms with Crippen LogP contribution in [0.4, 0.5) is 0 Å². The zero-order valence-electron chi connectivity index (χ0n) is 21.6. The normalized spacial score (nSPS) is 11.4. The molecule has 3 rings (SSSR count). The topological polar surface area (TPSA) is 54.0 Å². The summed E-state index contributed by atoms with van der Waals surface area (Å²) in [7, 11) is 4.74. The van der Waals surface area contributed by atoms with Gasteiger partial charge in [-0.3, -0.25) is 4.79 Å². The summed E-state index contributed by atoms with van der Waals surface area (Å²) in [5.74, 6) is 2.51. The predicted octanol–water partition coefficient (Wildman–Crippen LogP) is 6.79. The van der Waals surface area contributed by atoms with Gasteiger partial charge in [0.05, 0.1) is 26.9 Å². The van der Waals surface area contributed by atoms with Crippen LogP contribution in [0.1, 0.15) is 53.4 Å². The largest absolute Gasteiger partial charge is 0.497 e. The second-order valence-electron chi connectivity index (χ2n) is 9.37. The standard InChI is InChI=1S/C30H34O5/c1-20-8-12-25(30(2,3)4)29(16-20)35-19-22-17-21(10-14-27(22)33-6)9-13-26(31)24-18-23(32-5)11-15-28(24)34-7/h8-18H,19H2,1-7H3/b13-9+. The van der Waals surface area contributed by atoms with Crippen molar-refractivity contribution in [1.29, 1.82) is 0 Å². The fraction of sp³-hybridized carbons (Fsp3) is 0.300. The Labute approximate surface area is 208 Å². The van der Waals surface area contributed by atoms with Gasteiger partial charge < -0.3 is 18.9 Å². The van der Waals surface area contributed by atoms with E-state index in [9.17, 15) is 4.79 Å². The fourth-order valence-electron chi connectivity index (χ4n) is 3.81. The highest BCUT2D eigenvalue weighted by Crippen LogP contribution is 2.33. The van der Waals surface area contributed by atoms with Crippen LogP contribution in [0, 0.1) is 6.92 Å². The Morgan fingerprint density at radius 3 is 2.20 bits per heavy atom. The minimum atomic E-state index is -0.177. The lowest BCUT2D eigenvalue weighted by Crippen LogP contribution is -2.13. The maximum absolute atomic E-state index is 12.9. The lowest BCUT2D eigenvalue weighted by Gasteiger charge is -2.23. The number of ketones is 1. The van der Waals surface area contributed by atoms with Crippen molar-refractivity contribution in [2.24, 2.45) is 0 Å². The van der Waals surface area contributed by atoms with E-state index >= 15 is 0 Å². The molecule has 184 valence electrons. The predicted molar refractivity (Wildman–Crippen MR) is 140 cm³/mol. The second kappa shape index (κ2) is 11.1. The molecule has 5 heteroatoms. The first kappa shape index (κ1) is 25.9. The van der Waals surface area contributed by atoms with Crippen molar-refractivity contribution in [2.75, 3.05) is 21.3 Å². The summed E-state index contributed by atoms with van der Waals surface area (Å²) in [5.41, 5.74) is 4.44. The number of carbonyl (C=O) groups is 1. The average molecular weight is 475 g/mol. The molecule has 0 saturated heterocycles. The number of carbonyl (C=O) groups excluding carboxylic acids is 1. The number of allylic oxidation sites excluding steroid dienone is 1. The van der Waals surface area contributed by atoms with Gasteiger partial charge in [-0.15, -0.1) is 0 Å². The summed E-state index contributed by atoms with van der Waals surface area (Å²) in [5, 5.41) is 0. The Kier molecular flexibility index (Phi) is 8.23. The molecule has 3 aromatic rings. The first-order chi connectivity index (χ1) is 16.7. The molecule has 35 heavy (non-hydrogen) atoms. The summed E-state index contributed by atoms with van der Waals surface area (Å²) >= 11 is 0. The molecular formula is C30H34O5. The maximum Gasteiger partial charge on any atom is 0.189 e. The van der Waals surface area contributed by atoms with Gasteiger partial charge in [-0.1, -0.05) is 45.0 Å². The van der Waals surface area contributed by atoms with Gasteiger partial charge in [-0.05, 0) is 71.5 Å². The van der Waals surface area contributed by atoms with Crippen molar-refractivity contribution in [1.82, 2.24) is 0 Å². The van der Waals surface area contributed by atoms with E-state index in [1.54, 1.807) is 38.5 Å². The van der Waals surface area contributed by atoms with Crippen LogP contribution in [0.25, 0.3) is 6.08 Å². The van der Waals surface area contributed by atoms with Crippen molar-refractivity contribution >= 4 is 11.9 Å². The van der Waals surface area contributed by atoms with Crippen LogP contribution in [0.15, 0.2) is 60.7 Å². The van der Waals surface area contributed by atoms with Gasteiger partial charge in [0.1, 0.15) is 29.6 Å². The molecule has 0 N–H and O–H groups in total. The van der Waals surface area contributed by atoms with Crippen LogP contribution in [0.2, 0.25) is 0 Å². The molecule has 0 radical (unpaired) electrons. The molecule has 0 aliphatic rings. The quantitative estimate of drug-likeness (QED) is 0.252. The minimum Gasteiger partial charge on any atom is -0.497 e. The zero-order valence-corrected chi connectivity index (χ0v) is 21.6. The highest BCUT2D eigenvalue weighted by atomic mass is 16.5. The summed E-state index contributed by atoms with van der Waals surface area (Å²) in [6.07, 6.45) is 3.31. The summed E-state index contributed by atoms with van der Waals surface area (Å²) in [6, 6.07) is 17.2. The molecule has 0 amide bonds. The summed E-state index contributed by atoms with van der Waals surface area (Å²) in [4.78, 5) is 12.9. The number of hydrogen-bond donors (Lipinski definition) is 0. The average Bonchev–Trinajstić information content (AvgIpc) is 2.84. The Morgan fingerprint density at radius 1 is 0.829 bits per heavy atom. The van der Waals surface area contributed by atoms with Gasteiger partial charge in [0.15, 0.2) is 5.78 Å². The Hall–Kier alpha value is -3.73. The minimum absolute atomic E-state index is 0.0424. The maximum atomic E-state index is 12.9. The molecule has 0 spiro atoms. The number of rotatable bonds is 9. The van der Waals surface area contributed by atoms with Crippen molar-refractivity contribution in [3.8, 4) is 23.0 Å². The highest BCUT2D eigenvalue weighted by molar-refractivity contribution is 6.08. The van der Waals surface area contributed by atoms with E-state index < -0.39 is 0 Å². The molecule has 0 aromatic heterocycles. The highest BCUT2D eigenvalue weighted by Gasteiger charge is 2.19. The molecule has 0 saturated carbocycles. The van der Waals surface area contributed by atoms with Gasteiger partial charge in [0.2, 0.25) is 0 Å². The van der Waals surface area contributed by atoms with Crippen LogP contribution in [0.5, 0.6) is 23.0 Å². The number of methoxy groups -OCH3 is 3. The number of ether oxygens (including phenoxy) is 4. The van der Waals surface area contributed by atoms with E-state index in [4.69, 9.17) is 18.9 Å². The number of hydrogen-bond acceptors (Lipinski definition) is 5. The third-order valence-corrected chi connectivity index (χ3v) is 5.73. The monoisotopic (exact) mass is 474 g/mol. The molecule has 0 atom stereocenters. The van der Waals surface area contributed by atoms with E-state index in [2.05, 4.69) is 45.9 Å². The van der Waals surface area contributed by atoms with Gasteiger partial charge in [-0.2, -0.15) is 0 Å². The Balaban J connectivity index is 1.85. The van der Waals surface area contributed by atoms with E-state index in [0.29, 0.717) is 23.7 Å². The van der Waals surface area contributed by atoms with Crippen LogP contribution >= 0.6 is 0 Å². The first-order valence-electron chi connectivity index (χ1n) is 11.5. The van der Waals surface area contributed by atoms with Crippen LogP contribution in [0.3, 0.4) is 0 Å². The van der Waals surface area contributed by atoms with E-state index in [1.807, 2.05) is 18.2 Å². The molecule has 5 nitrogen and oxygen atoms in total. The molecule has 0 aliphatic heterocycles.